The molecular formula is C19H17F2NO4. The molecule has 0 aromatic heterocycles. The summed E-state index contributed by atoms with van der Waals surface area (Å²) in [6.45, 7) is -2.35. The number of fused-ring (bicyclic) bond motifs is 1. The molecule has 1 heterocycles. The molecule has 0 spiro atoms. The molecular weight excluding hydrogens is 344 g/mol. The summed E-state index contributed by atoms with van der Waals surface area (Å²) in [4.78, 5) is 25.9. The third-order valence-electron chi connectivity index (χ3n) is 4.11. The fourth-order valence-corrected chi connectivity index (χ4v) is 2.81. The van der Waals surface area contributed by atoms with Crippen molar-refractivity contribution >= 4 is 11.9 Å². The Kier molecular flexibility index (Phi) is 5.46. The second-order valence-corrected chi connectivity index (χ2v) is 5.82. The van der Waals surface area contributed by atoms with Crippen LogP contribution >= 0.6 is 0 Å². The van der Waals surface area contributed by atoms with Crippen molar-refractivity contribution in [2.24, 2.45) is 0 Å². The zero-order chi connectivity index (χ0) is 18.5. The van der Waals surface area contributed by atoms with Crippen LogP contribution in [0.1, 0.15) is 21.5 Å². The highest BCUT2D eigenvalue weighted by molar-refractivity contribution is 5.91. The fraction of sp³-hybridized carbons (Fsp3) is 0.263. The van der Waals surface area contributed by atoms with Crippen molar-refractivity contribution in [1.82, 2.24) is 4.90 Å². The van der Waals surface area contributed by atoms with Crippen molar-refractivity contribution in [3.8, 4) is 5.75 Å². The number of ether oxygens (including phenoxy) is 2. The molecule has 1 aliphatic heterocycles. The third kappa shape index (κ3) is 4.36. The van der Waals surface area contributed by atoms with E-state index in [0.29, 0.717) is 13.1 Å². The van der Waals surface area contributed by atoms with Crippen molar-refractivity contribution in [2.75, 3.05) is 13.2 Å². The molecule has 0 unspecified atom stereocenters. The molecule has 136 valence electrons. The van der Waals surface area contributed by atoms with Crippen LogP contribution in [0, 0.1) is 0 Å². The zero-order valence-corrected chi connectivity index (χ0v) is 13.9. The summed E-state index contributed by atoms with van der Waals surface area (Å²) in [5.74, 6) is -1.21. The molecule has 0 aliphatic carbocycles. The van der Waals surface area contributed by atoms with Crippen molar-refractivity contribution in [3.05, 3.63) is 65.2 Å². The van der Waals surface area contributed by atoms with Crippen molar-refractivity contribution < 1.29 is 27.8 Å². The summed E-state index contributed by atoms with van der Waals surface area (Å²) in [7, 11) is 0. The van der Waals surface area contributed by atoms with E-state index < -0.39 is 19.2 Å². The van der Waals surface area contributed by atoms with Gasteiger partial charge in [0.15, 0.2) is 6.61 Å². The summed E-state index contributed by atoms with van der Waals surface area (Å²) < 4.78 is 33.7. The predicted octanol–water partition coefficient (Wildman–Crippen LogP) is 3.03. The van der Waals surface area contributed by atoms with Crippen LogP contribution in [0.3, 0.4) is 0 Å². The molecule has 1 aliphatic rings. The highest BCUT2D eigenvalue weighted by Crippen LogP contribution is 2.19. The topological polar surface area (TPSA) is 55.8 Å². The summed E-state index contributed by atoms with van der Waals surface area (Å²) in [5, 5.41) is 0. The molecule has 2 aromatic carbocycles. The SMILES string of the molecule is O=C(OCC(=O)N1CCc2ccccc2C1)c1cccc(OC(F)F)c1. The van der Waals surface area contributed by atoms with Crippen LogP contribution in [0.15, 0.2) is 48.5 Å². The average Bonchev–Trinajstić information content (AvgIpc) is 2.65. The lowest BCUT2D eigenvalue weighted by molar-refractivity contribution is -0.135. The van der Waals surface area contributed by atoms with Gasteiger partial charge in [-0.25, -0.2) is 4.79 Å². The Labute approximate surface area is 149 Å². The first-order chi connectivity index (χ1) is 12.5. The van der Waals surface area contributed by atoms with E-state index in [0.717, 1.165) is 18.1 Å². The minimum atomic E-state index is -2.98. The normalized spacial score (nSPS) is 13.3. The van der Waals surface area contributed by atoms with Gasteiger partial charge >= 0.3 is 12.6 Å². The highest BCUT2D eigenvalue weighted by Gasteiger charge is 2.21. The summed E-state index contributed by atoms with van der Waals surface area (Å²) in [6.07, 6.45) is 0.753. The lowest BCUT2D eigenvalue weighted by Crippen LogP contribution is -2.38. The molecule has 0 fully saturated rings. The Morgan fingerprint density at radius 2 is 1.85 bits per heavy atom. The number of rotatable bonds is 5. The van der Waals surface area contributed by atoms with E-state index in [4.69, 9.17) is 4.74 Å². The lowest BCUT2D eigenvalue weighted by atomic mass is 10.00. The Morgan fingerprint density at radius 3 is 2.62 bits per heavy atom. The van der Waals surface area contributed by atoms with Crippen LogP contribution in [0.2, 0.25) is 0 Å². The van der Waals surface area contributed by atoms with Gasteiger partial charge in [-0.05, 0) is 35.7 Å². The average molecular weight is 361 g/mol. The van der Waals surface area contributed by atoms with E-state index in [-0.39, 0.29) is 17.2 Å². The number of halogens is 2. The van der Waals surface area contributed by atoms with Crippen LogP contribution in [0.4, 0.5) is 8.78 Å². The number of alkyl halides is 2. The van der Waals surface area contributed by atoms with Gasteiger partial charge in [0.25, 0.3) is 5.91 Å². The molecule has 0 saturated carbocycles. The van der Waals surface area contributed by atoms with Crippen molar-refractivity contribution in [1.29, 1.82) is 0 Å². The molecule has 0 N–H and O–H groups in total. The smallest absolute Gasteiger partial charge is 0.387 e. The molecule has 0 radical (unpaired) electrons. The van der Waals surface area contributed by atoms with Gasteiger partial charge in [-0.1, -0.05) is 30.3 Å². The van der Waals surface area contributed by atoms with E-state index >= 15 is 0 Å². The van der Waals surface area contributed by atoms with Crippen LogP contribution < -0.4 is 4.74 Å². The van der Waals surface area contributed by atoms with Crippen molar-refractivity contribution in [3.63, 3.8) is 0 Å². The number of benzene rings is 2. The number of amides is 1. The molecule has 0 bridgehead atoms. The number of esters is 1. The second kappa shape index (κ2) is 7.95. The standard InChI is InChI=1S/C19H17F2NO4/c20-19(21)26-16-7-3-6-14(10-16)18(24)25-12-17(23)22-9-8-13-4-1-2-5-15(13)11-22/h1-7,10,19H,8-9,11-12H2. The number of nitrogens with zero attached hydrogens (tertiary/aromatic N) is 1. The Balaban J connectivity index is 1.56. The summed E-state index contributed by atoms with van der Waals surface area (Å²) in [6, 6.07) is 13.1. The maximum absolute atomic E-state index is 12.3. The van der Waals surface area contributed by atoms with E-state index in [2.05, 4.69) is 4.74 Å². The van der Waals surface area contributed by atoms with Gasteiger partial charge in [0, 0.05) is 13.1 Å². The second-order valence-electron chi connectivity index (χ2n) is 5.82. The van der Waals surface area contributed by atoms with Crippen LogP contribution in [0.25, 0.3) is 0 Å². The number of carbonyl (C=O) groups excluding carboxylic acids is 2. The lowest BCUT2D eigenvalue weighted by Gasteiger charge is -2.28. The van der Waals surface area contributed by atoms with Gasteiger partial charge < -0.3 is 14.4 Å². The van der Waals surface area contributed by atoms with Crippen LogP contribution in [-0.4, -0.2) is 36.5 Å². The van der Waals surface area contributed by atoms with E-state index in [1.165, 1.54) is 23.8 Å². The molecule has 5 nitrogen and oxygen atoms in total. The first kappa shape index (κ1) is 17.8. The summed E-state index contributed by atoms with van der Waals surface area (Å²) in [5.41, 5.74) is 2.33. The number of hydrogen-bond acceptors (Lipinski definition) is 4. The van der Waals surface area contributed by atoms with Gasteiger partial charge in [-0.3, -0.25) is 4.79 Å². The molecule has 1 amide bonds. The number of hydrogen-bond donors (Lipinski definition) is 0. The van der Waals surface area contributed by atoms with Crippen molar-refractivity contribution in [2.45, 2.75) is 19.6 Å². The van der Waals surface area contributed by atoms with E-state index in [1.54, 1.807) is 4.90 Å². The largest absolute Gasteiger partial charge is 0.452 e. The molecule has 0 saturated heterocycles. The maximum Gasteiger partial charge on any atom is 0.387 e. The van der Waals surface area contributed by atoms with Gasteiger partial charge in [0.1, 0.15) is 5.75 Å². The Bertz CT molecular complexity index is 810. The number of carbonyl (C=O) groups is 2. The molecule has 3 rings (SSSR count). The highest BCUT2D eigenvalue weighted by atomic mass is 19.3. The minimum absolute atomic E-state index is 0.0416. The van der Waals surface area contributed by atoms with Crippen LogP contribution in [0.5, 0.6) is 5.75 Å². The third-order valence-corrected chi connectivity index (χ3v) is 4.11. The van der Waals surface area contributed by atoms with E-state index in [9.17, 15) is 18.4 Å². The van der Waals surface area contributed by atoms with Gasteiger partial charge in [0.2, 0.25) is 0 Å². The van der Waals surface area contributed by atoms with Gasteiger partial charge in [0.05, 0.1) is 5.56 Å². The zero-order valence-electron chi connectivity index (χ0n) is 13.9. The molecule has 7 heteroatoms. The fourth-order valence-electron chi connectivity index (χ4n) is 2.81. The van der Waals surface area contributed by atoms with Gasteiger partial charge in [-0.15, -0.1) is 0 Å². The summed E-state index contributed by atoms with van der Waals surface area (Å²) >= 11 is 0. The minimum Gasteiger partial charge on any atom is -0.452 e. The predicted molar refractivity (Wildman–Crippen MR) is 88.9 cm³/mol. The quantitative estimate of drug-likeness (QED) is 0.768. The molecule has 26 heavy (non-hydrogen) atoms. The Morgan fingerprint density at radius 1 is 1.08 bits per heavy atom. The first-order valence-electron chi connectivity index (χ1n) is 8.09. The molecule has 0 atom stereocenters. The van der Waals surface area contributed by atoms with E-state index in [1.807, 2.05) is 24.3 Å². The monoisotopic (exact) mass is 361 g/mol. The maximum atomic E-state index is 12.3. The Hall–Kier alpha value is -2.96. The van der Waals surface area contributed by atoms with Gasteiger partial charge in [-0.2, -0.15) is 8.78 Å². The first-order valence-corrected chi connectivity index (χ1v) is 8.09. The van der Waals surface area contributed by atoms with Crippen LogP contribution in [-0.2, 0) is 22.5 Å². The molecule has 2 aromatic rings.